The smallest absolute Gasteiger partial charge is 0.336 e. The monoisotopic (exact) mass is 819 g/mol. The van der Waals surface area contributed by atoms with Crippen LogP contribution in [0, 0.1) is 5.92 Å². The Morgan fingerprint density at radius 2 is 1.17 bits per heavy atom. The molecule has 0 aromatic carbocycles. The van der Waals surface area contributed by atoms with Crippen molar-refractivity contribution in [2.45, 2.75) is 176 Å². The predicted octanol–water partition coefficient (Wildman–Crippen LogP) is 11.5. The van der Waals surface area contributed by atoms with Crippen molar-refractivity contribution in [3.63, 3.8) is 0 Å². The molecule has 1 saturated heterocycles. The zero-order chi connectivity index (χ0) is 44.0. The van der Waals surface area contributed by atoms with Crippen molar-refractivity contribution < 1.29 is 39.1 Å². The van der Waals surface area contributed by atoms with Crippen LogP contribution < -0.4 is 0 Å². The molecule has 0 aromatic heterocycles. The average Bonchev–Trinajstić information content (AvgIpc) is 3.19. The summed E-state index contributed by atoms with van der Waals surface area (Å²) in [4.78, 5) is 25.2. The van der Waals surface area contributed by atoms with Crippen LogP contribution in [0.25, 0.3) is 0 Å². The fourth-order valence-electron chi connectivity index (χ4n) is 6.01. The number of hydrogen-bond donors (Lipinski definition) is 3. The molecular weight excluding hydrogens is 741 g/mol. The van der Waals surface area contributed by atoms with Crippen LogP contribution in [0.1, 0.15) is 146 Å². The summed E-state index contributed by atoms with van der Waals surface area (Å²) in [6.07, 6.45) is 34.1. The van der Waals surface area contributed by atoms with Crippen LogP contribution in [0.5, 0.6) is 0 Å². The Morgan fingerprint density at radius 1 is 0.644 bits per heavy atom. The van der Waals surface area contributed by atoms with Crippen LogP contribution in [0.2, 0.25) is 0 Å². The Labute approximate surface area is 357 Å². The summed E-state index contributed by atoms with van der Waals surface area (Å²) in [5, 5.41) is 31.3. The Morgan fingerprint density at radius 3 is 1.75 bits per heavy atom. The predicted molar refractivity (Wildman–Crippen MR) is 243 cm³/mol. The highest BCUT2D eigenvalue weighted by Gasteiger charge is 2.46. The van der Waals surface area contributed by atoms with Crippen LogP contribution >= 0.6 is 0 Å². The summed E-state index contributed by atoms with van der Waals surface area (Å²) in [5.74, 6) is -0.384. The molecule has 0 saturated carbocycles. The summed E-state index contributed by atoms with van der Waals surface area (Å²) in [6, 6.07) is 0. The number of ether oxygens (including phenoxy) is 3. The van der Waals surface area contributed by atoms with Gasteiger partial charge in [-0.15, -0.1) is 0 Å². The molecule has 0 spiro atoms. The number of hydrogen-bond acceptors (Lipinski definition) is 8. The molecule has 6 atom stereocenters. The fourth-order valence-corrected chi connectivity index (χ4v) is 6.01. The molecule has 1 rings (SSSR count). The van der Waals surface area contributed by atoms with Gasteiger partial charge in [0.2, 0.25) is 6.29 Å². The van der Waals surface area contributed by atoms with Gasteiger partial charge in [0.15, 0.2) is 0 Å². The second-order valence-electron chi connectivity index (χ2n) is 16.4. The summed E-state index contributed by atoms with van der Waals surface area (Å²) in [7, 11) is 0. The number of aliphatic hydroxyl groups excluding tert-OH is 3. The summed E-state index contributed by atoms with van der Waals surface area (Å²) in [6.45, 7) is 18.2. The van der Waals surface area contributed by atoms with E-state index in [4.69, 9.17) is 14.2 Å². The van der Waals surface area contributed by atoms with Crippen LogP contribution in [-0.2, 0) is 23.8 Å². The summed E-state index contributed by atoms with van der Waals surface area (Å²) >= 11 is 0. The van der Waals surface area contributed by atoms with Gasteiger partial charge in [-0.05, 0) is 73.6 Å². The summed E-state index contributed by atoms with van der Waals surface area (Å²) < 4.78 is 16.2. The van der Waals surface area contributed by atoms with E-state index in [1.54, 1.807) is 19.1 Å². The lowest BCUT2D eigenvalue weighted by atomic mass is 9.99. The average molecular weight is 819 g/mol. The third-order valence-electron chi connectivity index (χ3n) is 10.2. The third kappa shape index (κ3) is 26.1. The normalized spacial score (nSPS) is 21.9. The molecule has 0 bridgehead atoms. The van der Waals surface area contributed by atoms with E-state index < -0.39 is 42.6 Å². The molecule has 8 heteroatoms. The van der Waals surface area contributed by atoms with E-state index in [2.05, 4.69) is 78.0 Å². The van der Waals surface area contributed by atoms with Gasteiger partial charge < -0.3 is 29.5 Å². The molecule has 1 aliphatic heterocycles. The fraction of sp³-hybridized carbons (Fsp3) is 0.569. The molecule has 0 aromatic rings. The second-order valence-corrected chi connectivity index (χ2v) is 16.4. The number of esters is 2. The van der Waals surface area contributed by atoms with Gasteiger partial charge in [0, 0.05) is 12.0 Å². The Balaban J connectivity index is 2.52. The highest BCUT2D eigenvalue weighted by atomic mass is 16.7. The quantitative estimate of drug-likeness (QED) is 0.0246. The van der Waals surface area contributed by atoms with E-state index in [-0.39, 0.29) is 18.6 Å². The lowest BCUT2D eigenvalue weighted by Gasteiger charge is -2.39. The molecular formula is C51H78O8. The zero-order valence-corrected chi connectivity index (χ0v) is 37.8. The molecule has 0 radical (unpaired) electrons. The second kappa shape index (κ2) is 32.0. The van der Waals surface area contributed by atoms with Gasteiger partial charge in [-0.25, -0.2) is 4.79 Å². The number of rotatable bonds is 27. The lowest BCUT2D eigenvalue weighted by molar-refractivity contribution is -0.292. The Bertz CT molecular complexity index is 1540. The van der Waals surface area contributed by atoms with Crippen LogP contribution in [0.15, 0.2) is 119 Å². The standard InChI is InChI=1S/C51H78O8/c1-10-39(4)26-17-15-13-11-12-14-16-18-36-46(52)57-37-45-47(53)48(54)49(55)51(58-45)59-50(56)44(9)35-24-34-41(6)28-20-19-27-40(5)30-22-32-43(8)33-23-31-42(7)29-21-25-38(2)3/h19-20,22-25,27-28,30-35,39,45,47-49,51,53-55H,10-18,21,26,29,36-37H2,1-9H3/b20-19+,30-22+,33-23+,34-24+,40-27+,41-28+,42-31+,43-32+,44-35+/t39?,45-,47-,48+,49-,51-/m1/s1. The molecule has 8 nitrogen and oxygen atoms in total. The topological polar surface area (TPSA) is 123 Å². The number of carbonyl (C=O) groups is 2. The highest BCUT2D eigenvalue weighted by molar-refractivity contribution is 5.88. The molecule has 0 aliphatic carbocycles. The van der Waals surface area contributed by atoms with E-state index in [0.717, 1.165) is 49.2 Å². The van der Waals surface area contributed by atoms with Crippen molar-refractivity contribution in [2.24, 2.45) is 5.92 Å². The van der Waals surface area contributed by atoms with Gasteiger partial charge in [0.1, 0.15) is 31.0 Å². The Kier molecular flexibility index (Phi) is 28.9. The third-order valence-corrected chi connectivity index (χ3v) is 10.2. The van der Waals surface area contributed by atoms with Gasteiger partial charge >= 0.3 is 11.9 Å². The lowest BCUT2D eigenvalue weighted by Crippen LogP contribution is -2.59. The number of unbranched alkanes of at least 4 members (excludes halogenated alkanes) is 7. The summed E-state index contributed by atoms with van der Waals surface area (Å²) in [5.41, 5.74) is 6.18. The molecule has 0 amide bonds. The largest absolute Gasteiger partial charge is 0.463 e. The van der Waals surface area contributed by atoms with E-state index >= 15 is 0 Å². The zero-order valence-electron chi connectivity index (χ0n) is 37.8. The van der Waals surface area contributed by atoms with Gasteiger partial charge in [-0.1, -0.05) is 185 Å². The number of allylic oxidation sites excluding steroid dienone is 19. The first-order valence-corrected chi connectivity index (χ1v) is 21.9. The van der Waals surface area contributed by atoms with E-state index in [9.17, 15) is 24.9 Å². The minimum Gasteiger partial charge on any atom is -0.463 e. The molecule has 1 fully saturated rings. The first-order chi connectivity index (χ1) is 28.1. The van der Waals surface area contributed by atoms with Gasteiger partial charge in [0.25, 0.3) is 0 Å². The van der Waals surface area contributed by atoms with E-state index in [1.807, 2.05) is 50.3 Å². The minimum absolute atomic E-state index is 0.234. The van der Waals surface area contributed by atoms with Crippen molar-refractivity contribution in [3.8, 4) is 0 Å². The minimum atomic E-state index is -1.68. The first-order valence-electron chi connectivity index (χ1n) is 21.9. The number of aliphatic hydroxyl groups is 3. The Hall–Kier alpha value is -3.82. The van der Waals surface area contributed by atoms with Gasteiger partial charge in [-0.2, -0.15) is 0 Å². The maximum absolute atomic E-state index is 12.8. The molecule has 59 heavy (non-hydrogen) atoms. The van der Waals surface area contributed by atoms with E-state index in [0.29, 0.717) is 6.42 Å². The van der Waals surface area contributed by atoms with Crippen molar-refractivity contribution >= 4 is 11.9 Å². The van der Waals surface area contributed by atoms with Crippen molar-refractivity contribution in [1.82, 2.24) is 0 Å². The van der Waals surface area contributed by atoms with Gasteiger partial charge in [-0.3, -0.25) is 4.79 Å². The van der Waals surface area contributed by atoms with Crippen molar-refractivity contribution in [1.29, 1.82) is 0 Å². The maximum Gasteiger partial charge on any atom is 0.336 e. The molecule has 3 N–H and O–H groups in total. The first kappa shape index (κ1) is 53.2. The molecule has 1 unspecified atom stereocenters. The molecule has 330 valence electrons. The van der Waals surface area contributed by atoms with Crippen LogP contribution in [0.4, 0.5) is 0 Å². The number of carbonyl (C=O) groups excluding carboxylic acids is 2. The van der Waals surface area contributed by atoms with Gasteiger partial charge in [0.05, 0.1) is 0 Å². The highest BCUT2D eigenvalue weighted by Crippen LogP contribution is 2.24. The van der Waals surface area contributed by atoms with Crippen LogP contribution in [0.3, 0.4) is 0 Å². The maximum atomic E-state index is 12.8. The molecule has 1 heterocycles. The van der Waals surface area contributed by atoms with Crippen molar-refractivity contribution in [2.75, 3.05) is 6.61 Å². The molecule has 1 aliphatic rings. The van der Waals surface area contributed by atoms with Crippen molar-refractivity contribution in [3.05, 3.63) is 119 Å². The SMILES string of the molecule is CCC(C)CCCCCCCCCCC(=O)OC[C@H]1O[C@H](OC(=O)/C(C)=C/C=C/C(C)=C/C=C/C=C(C)/C=C/C=C(C)/C=C/C=C(\C)CCC=C(C)C)[C@H](O)[C@@H](O)[C@@H]1O. The van der Waals surface area contributed by atoms with Crippen LogP contribution in [-0.4, -0.2) is 64.6 Å². The van der Waals surface area contributed by atoms with E-state index in [1.165, 1.54) is 55.2 Å².